The molecule has 0 aliphatic carbocycles. The third-order valence-electron chi connectivity index (χ3n) is 3.41. The minimum Gasteiger partial charge on any atom is -0.469 e. The van der Waals surface area contributed by atoms with Crippen molar-refractivity contribution in [3.63, 3.8) is 0 Å². The van der Waals surface area contributed by atoms with Gasteiger partial charge in [0.1, 0.15) is 0 Å². The van der Waals surface area contributed by atoms with Crippen LogP contribution < -0.4 is 10.6 Å². The van der Waals surface area contributed by atoms with Crippen LogP contribution in [-0.4, -0.2) is 48.5 Å². The van der Waals surface area contributed by atoms with Gasteiger partial charge in [-0.1, -0.05) is 6.92 Å². The summed E-state index contributed by atoms with van der Waals surface area (Å²) in [6, 6.07) is 2.08. The quantitative estimate of drug-likeness (QED) is 0.326. The lowest BCUT2D eigenvalue weighted by atomic mass is 10.2. The zero-order valence-electron chi connectivity index (χ0n) is 14.8. The van der Waals surface area contributed by atoms with Crippen LogP contribution in [0.3, 0.4) is 0 Å². The predicted molar refractivity (Wildman–Crippen MR) is 91.5 cm³/mol. The van der Waals surface area contributed by atoms with Crippen molar-refractivity contribution in [1.82, 2.24) is 20.4 Å². The number of guanidine groups is 1. The highest BCUT2D eigenvalue weighted by Crippen LogP contribution is 2.02. The van der Waals surface area contributed by atoms with Gasteiger partial charge in [-0.05, 0) is 33.3 Å². The number of rotatable bonds is 8. The first-order chi connectivity index (χ1) is 11.0. The zero-order chi connectivity index (χ0) is 17.2. The fourth-order valence-corrected chi connectivity index (χ4v) is 2.18. The molecule has 0 fully saturated rings. The highest BCUT2D eigenvalue weighted by atomic mass is 16.5. The summed E-state index contributed by atoms with van der Waals surface area (Å²) in [6.07, 6.45) is 0.943. The first-order valence-electron chi connectivity index (χ1n) is 8.09. The summed E-state index contributed by atoms with van der Waals surface area (Å²) in [4.78, 5) is 15.8. The summed E-state index contributed by atoms with van der Waals surface area (Å²) >= 11 is 0. The van der Waals surface area contributed by atoms with E-state index in [1.54, 1.807) is 0 Å². The number of aliphatic imine (C=N–C) groups is 1. The smallest absolute Gasteiger partial charge is 0.310 e. The molecule has 1 atom stereocenters. The zero-order valence-corrected chi connectivity index (χ0v) is 14.8. The fourth-order valence-electron chi connectivity index (χ4n) is 2.18. The van der Waals surface area contributed by atoms with Crippen LogP contribution in [0.4, 0.5) is 0 Å². The largest absolute Gasteiger partial charge is 0.469 e. The van der Waals surface area contributed by atoms with Crippen molar-refractivity contribution >= 4 is 11.9 Å². The summed E-state index contributed by atoms with van der Waals surface area (Å²) in [5, 5.41) is 10.9. The van der Waals surface area contributed by atoms with Gasteiger partial charge in [-0.15, -0.1) is 0 Å². The standard InChI is InChI=1S/C16H29N5O2/c1-6-17-16(19-11-12(2)15(22)23-5)18-8-7-9-21-14(4)10-13(3)20-21/h10,12H,6-9,11H2,1-5H3,(H2,17,18,19). The Morgan fingerprint density at radius 3 is 2.74 bits per heavy atom. The molecule has 0 amide bonds. The number of hydrogen-bond acceptors (Lipinski definition) is 4. The van der Waals surface area contributed by atoms with Gasteiger partial charge in [0.15, 0.2) is 5.96 Å². The number of nitrogens with one attached hydrogen (secondary N) is 2. The molecule has 0 aromatic carbocycles. The van der Waals surface area contributed by atoms with Gasteiger partial charge in [0.2, 0.25) is 0 Å². The number of ether oxygens (including phenoxy) is 1. The van der Waals surface area contributed by atoms with Gasteiger partial charge >= 0.3 is 5.97 Å². The summed E-state index contributed by atoms with van der Waals surface area (Å²) in [7, 11) is 1.39. The molecule has 0 saturated heterocycles. The van der Waals surface area contributed by atoms with E-state index in [0.717, 1.165) is 37.7 Å². The molecule has 7 heteroatoms. The minimum atomic E-state index is -0.245. The molecule has 1 aromatic heterocycles. The number of aromatic nitrogens is 2. The summed E-state index contributed by atoms with van der Waals surface area (Å²) < 4.78 is 6.72. The maximum atomic E-state index is 11.4. The lowest BCUT2D eigenvalue weighted by Gasteiger charge is -2.13. The van der Waals surface area contributed by atoms with Crippen LogP contribution >= 0.6 is 0 Å². The van der Waals surface area contributed by atoms with Gasteiger partial charge in [0.25, 0.3) is 0 Å². The van der Waals surface area contributed by atoms with E-state index in [-0.39, 0.29) is 11.9 Å². The Morgan fingerprint density at radius 1 is 1.43 bits per heavy atom. The molecule has 1 aromatic rings. The van der Waals surface area contributed by atoms with Crippen LogP contribution in [0, 0.1) is 19.8 Å². The van der Waals surface area contributed by atoms with Crippen molar-refractivity contribution in [3.05, 3.63) is 17.5 Å². The van der Waals surface area contributed by atoms with E-state index in [4.69, 9.17) is 4.74 Å². The van der Waals surface area contributed by atoms with Crippen molar-refractivity contribution in [2.45, 2.75) is 40.7 Å². The number of carbonyl (C=O) groups is 1. The Balaban J connectivity index is 2.40. The molecule has 130 valence electrons. The second-order valence-corrected chi connectivity index (χ2v) is 5.57. The second kappa shape index (κ2) is 9.86. The number of hydrogen-bond donors (Lipinski definition) is 2. The van der Waals surface area contributed by atoms with E-state index in [1.807, 2.05) is 25.5 Å². The Hall–Kier alpha value is -2.05. The lowest BCUT2D eigenvalue weighted by Crippen LogP contribution is -2.38. The number of nitrogens with zero attached hydrogens (tertiary/aromatic N) is 3. The Bertz CT molecular complexity index is 525. The Kier molecular flexibility index (Phi) is 8.15. The Morgan fingerprint density at radius 2 is 2.17 bits per heavy atom. The normalized spacial score (nSPS) is 12.8. The lowest BCUT2D eigenvalue weighted by molar-refractivity contribution is -0.144. The van der Waals surface area contributed by atoms with Crippen molar-refractivity contribution in [1.29, 1.82) is 0 Å². The van der Waals surface area contributed by atoms with E-state index in [1.165, 1.54) is 12.8 Å². The first-order valence-corrected chi connectivity index (χ1v) is 8.09. The molecule has 0 radical (unpaired) electrons. The van der Waals surface area contributed by atoms with Crippen LogP contribution in [-0.2, 0) is 16.1 Å². The number of esters is 1. The molecule has 1 rings (SSSR count). The molecule has 0 aliphatic heterocycles. The molecule has 1 heterocycles. The van der Waals surface area contributed by atoms with Gasteiger partial charge in [-0.25, -0.2) is 0 Å². The van der Waals surface area contributed by atoms with Crippen LogP contribution in [0.15, 0.2) is 11.1 Å². The molecular weight excluding hydrogens is 294 g/mol. The van der Waals surface area contributed by atoms with Crippen molar-refractivity contribution < 1.29 is 9.53 Å². The summed E-state index contributed by atoms with van der Waals surface area (Å²) in [5.41, 5.74) is 2.22. The number of methoxy groups -OCH3 is 1. The maximum absolute atomic E-state index is 11.4. The van der Waals surface area contributed by atoms with E-state index in [2.05, 4.69) is 33.7 Å². The van der Waals surface area contributed by atoms with Gasteiger partial charge in [0.05, 0.1) is 25.3 Å². The van der Waals surface area contributed by atoms with Gasteiger partial charge < -0.3 is 15.4 Å². The minimum absolute atomic E-state index is 0.242. The number of carbonyl (C=O) groups excluding carboxylic acids is 1. The molecule has 0 spiro atoms. The van der Waals surface area contributed by atoms with Crippen LogP contribution in [0.25, 0.3) is 0 Å². The molecule has 0 aliphatic rings. The SMILES string of the molecule is CCNC(=NCC(C)C(=O)OC)NCCCn1nc(C)cc1C. The van der Waals surface area contributed by atoms with Crippen LogP contribution in [0.2, 0.25) is 0 Å². The average molecular weight is 323 g/mol. The number of aryl methyl sites for hydroxylation is 3. The van der Waals surface area contributed by atoms with Gasteiger partial charge in [-0.3, -0.25) is 14.5 Å². The van der Waals surface area contributed by atoms with Crippen LogP contribution in [0.1, 0.15) is 31.7 Å². The highest BCUT2D eigenvalue weighted by molar-refractivity contribution is 5.80. The van der Waals surface area contributed by atoms with Crippen molar-refractivity contribution in [2.24, 2.45) is 10.9 Å². The summed E-state index contributed by atoms with van der Waals surface area (Å²) in [5.74, 6) is 0.232. The molecule has 1 unspecified atom stereocenters. The fraction of sp³-hybridized carbons (Fsp3) is 0.688. The summed E-state index contributed by atoms with van der Waals surface area (Å²) in [6.45, 7) is 10.7. The average Bonchev–Trinajstić information content (AvgIpc) is 2.85. The second-order valence-electron chi connectivity index (χ2n) is 5.57. The van der Waals surface area contributed by atoms with E-state index < -0.39 is 0 Å². The van der Waals surface area contributed by atoms with E-state index in [9.17, 15) is 4.79 Å². The van der Waals surface area contributed by atoms with Crippen molar-refractivity contribution in [2.75, 3.05) is 26.7 Å². The third-order valence-corrected chi connectivity index (χ3v) is 3.41. The molecular formula is C16H29N5O2. The molecule has 23 heavy (non-hydrogen) atoms. The van der Waals surface area contributed by atoms with Gasteiger partial charge in [0, 0.05) is 25.3 Å². The predicted octanol–water partition coefficient (Wildman–Crippen LogP) is 1.25. The third kappa shape index (κ3) is 6.71. The molecule has 7 nitrogen and oxygen atoms in total. The molecule has 0 saturated carbocycles. The highest BCUT2D eigenvalue weighted by Gasteiger charge is 2.12. The molecule has 2 N–H and O–H groups in total. The monoisotopic (exact) mass is 323 g/mol. The van der Waals surface area contributed by atoms with E-state index in [0.29, 0.717) is 6.54 Å². The van der Waals surface area contributed by atoms with E-state index >= 15 is 0 Å². The maximum Gasteiger partial charge on any atom is 0.310 e. The van der Waals surface area contributed by atoms with Crippen molar-refractivity contribution in [3.8, 4) is 0 Å². The Labute approximate surface area is 138 Å². The first kappa shape index (κ1) is 19.0. The van der Waals surface area contributed by atoms with Gasteiger partial charge in [-0.2, -0.15) is 5.10 Å². The molecule has 0 bridgehead atoms. The van der Waals surface area contributed by atoms with Crippen LogP contribution in [0.5, 0.6) is 0 Å². The topological polar surface area (TPSA) is 80.5 Å².